The molecule has 4 aromatic carbocycles. The average Bonchev–Trinajstić information content (AvgIpc) is 3.22. The van der Waals surface area contributed by atoms with Crippen LogP contribution in [0.2, 0.25) is 0 Å². The highest BCUT2D eigenvalue weighted by Gasteiger charge is 2.16. The Kier molecular flexibility index (Phi) is 6.09. The molecule has 6 rings (SSSR count). The second-order valence-corrected chi connectivity index (χ2v) is 9.33. The first-order chi connectivity index (χ1) is 19.0. The molecule has 7 heteroatoms. The van der Waals surface area contributed by atoms with Crippen molar-refractivity contribution in [1.82, 2.24) is 14.1 Å². The molecule has 0 unspecified atom stereocenters. The summed E-state index contributed by atoms with van der Waals surface area (Å²) >= 11 is 0. The van der Waals surface area contributed by atoms with Crippen LogP contribution >= 0.6 is 0 Å². The van der Waals surface area contributed by atoms with Crippen LogP contribution in [0.4, 0.5) is 5.69 Å². The van der Waals surface area contributed by atoms with Crippen LogP contribution in [0.25, 0.3) is 39.6 Å². The predicted molar refractivity (Wildman–Crippen MR) is 155 cm³/mol. The molecule has 0 N–H and O–H groups in total. The minimum Gasteiger partial charge on any atom is -0.340 e. The molecule has 0 spiro atoms. The number of hydrogen-bond acceptors (Lipinski definition) is 4. The molecule has 0 aliphatic rings. The third-order valence-electron chi connectivity index (χ3n) is 6.96. The van der Waals surface area contributed by atoms with Gasteiger partial charge in [0, 0.05) is 40.8 Å². The molecule has 0 aliphatic heterocycles. The normalized spacial score (nSPS) is 11.5. The largest absolute Gasteiger partial charge is 0.340 e. The fourth-order valence-electron chi connectivity index (χ4n) is 5.05. The van der Waals surface area contributed by atoms with Crippen LogP contribution < -0.4 is 5.56 Å². The van der Waals surface area contributed by atoms with E-state index < -0.39 is 4.92 Å². The van der Waals surface area contributed by atoms with E-state index in [0.717, 1.165) is 28.7 Å². The van der Waals surface area contributed by atoms with E-state index in [1.165, 1.54) is 22.3 Å². The summed E-state index contributed by atoms with van der Waals surface area (Å²) in [5.41, 5.74) is 4.98. The molecule has 39 heavy (non-hydrogen) atoms. The number of non-ortho nitro benzene ring substituents is 1. The highest BCUT2D eigenvalue weighted by Crippen LogP contribution is 2.29. The number of nitrogens with zero attached hydrogens (tertiary/aromatic N) is 4. The van der Waals surface area contributed by atoms with Crippen LogP contribution in [0.5, 0.6) is 0 Å². The molecule has 0 aliphatic carbocycles. The number of hydrogen-bond donors (Lipinski definition) is 0. The van der Waals surface area contributed by atoms with Gasteiger partial charge in [0.05, 0.1) is 21.5 Å². The maximum absolute atomic E-state index is 13.6. The van der Waals surface area contributed by atoms with Gasteiger partial charge in [-0.15, -0.1) is 0 Å². The van der Waals surface area contributed by atoms with Crippen LogP contribution in [0.3, 0.4) is 0 Å². The van der Waals surface area contributed by atoms with Gasteiger partial charge in [-0.3, -0.25) is 19.5 Å². The summed E-state index contributed by atoms with van der Waals surface area (Å²) in [5.74, 6) is 0.387. The topological polar surface area (TPSA) is 83.0 Å². The van der Waals surface area contributed by atoms with Crippen molar-refractivity contribution in [2.45, 2.75) is 13.5 Å². The van der Waals surface area contributed by atoms with Crippen LogP contribution in [0.1, 0.15) is 22.6 Å². The minimum atomic E-state index is -0.469. The Morgan fingerprint density at radius 3 is 2.36 bits per heavy atom. The Balaban J connectivity index is 1.53. The molecule has 190 valence electrons. The molecule has 0 amide bonds. The summed E-state index contributed by atoms with van der Waals surface area (Å²) in [4.78, 5) is 29.4. The Morgan fingerprint density at radius 1 is 0.846 bits per heavy atom. The highest BCUT2D eigenvalue weighted by molar-refractivity contribution is 5.94. The van der Waals surface area contributed by atoms with Crippen molar-refractivity contribution in [2.24, 2.45) is 0 Å². The first-order valence-electron chi connectivity index (χ1n) is 12.6. The van der Waals surface area contributed by atoms with Gasteiger partial charge in [-0.25, -0.2) is 4.98 Å². The van der Waals surface area contributed by atoms with E-state index in [0.29, 0.717) is 22.4 Å². The molecule has 0 fully saturated rings. The van der Waals surface area contributed by atoms with Crippen LogP contribution in [-0.2, 0) is 6.54 Å². The summed E-state index contributed by atoms with van der Waals surface area (Å²) in [6, 6.07) is 31.7. The van der Waals surface area contributed by atoms with Crippen LogP contribution in [0.15, 0.2) is 108 Å². The molecule has 0 saturated heterocycles. The third kappa shape index (κ3) is 4.40. The highest BCUT2D eigenvalue weighted by atomic mass is 16.6. The maximum Gasteiger partial charge on any atom is 0.271 e. The number of para-hydroxylation sites is 2. The van der Waals surface area contributed by atoms with E-state index in [1.54, 1.807) is 30.3 Å². The number of fused-ring (bicyclic) bond motifs is 2. The molecule has 0 radical (unpaired) electrons. The van der Waals surface area contributed by atoms with Crippen molar-refractivity contribution >= 4 is 39.6 Å². The Hall–Kier alpha value is -5.30. The van der Waals surface area contributed by atoms with E-state index in [9.17, 15) is 14.9 Å². The summed E-state index contributed by atoms with van der Waals surface area (Å²) < 4.78 is 3.72. The Morgan fingerprint density at radius 2 is 1.56 bits per heavy atom. The maximum atomic E-state index is 13.6. The molecule has 7 nitrogen and oxygen atoms in total. The van der Waals surface area contributed by atoms with Crippen LogP contribution in [-0.4, -0.2) is 19.0 Å². The average molecular weight is 513 g/mol. The summed E-state index contributed by atoms with van der Waals surface area (Å²) in [5, 5.41) is 13.0. The lowest BCUT2D eigenvalue weighted by molar-refractivity contribution is -0.384. The standard InChI is InChI=1S/C32H24N4O3/c1-22-26(27-14-6-8-17-30(27)34(22)21-23-10-3-2-4-11-23)18-19-31-33-29-16-7-5-15-28(29)32(37)35(31)24-12-9-13-25(20-24)36(38)39/h2-20H,21H2,1H3/b19-18+. The minimum absolute atomic E-state index is 0.0951. The summed E-state index contributed by atoms with van der Waals surface area (Å²) in [7, 11) is 0. The van der Waals surface area contributed by atoms with Gasteiger partial charge >= 0.3 is 0 Å². The molecular weight excluding hydrogens is 488 g/mol. The lowest BCUT2D eigenvalue weighted by Gasteiger charge is -2.11. The van der Waals surface area contributed by atoms with Gasteiger partial charge < -0.3 is 4.57 Å². The van der Waals surface area contributed by atoms with Gasteiger partial charge in [-0.1, -0.05) is 66.7 Å². The number of benzene rings is 4. The van der Waals surface area contributed by atoms with Gasteiger partial charge in [0.1, 0.15) is 5.82 Å². The number of nitro groups is 1. The van der Waals surface area contributed by atoms with Crippen molar-refractivity contribution in [3.63, 3.8) is 0 Å². The summed E-state index contributed by atoms with van der Waals surface area (Å²) in [6.07, 6.45) is 3.79. The number of aromatic nitrogens is 3. The molecule has 0 atom stereocenters. The molecule has 0 bridgehead atoms. The fraction of sp³-hybridized carbons (Fsp3) is 0.0625. The SMILES string of the molecule is Cc1c(/C=C/c2nc3ccccc3c(=O)n2-c2cccc([N+](=O)[O-])c2)c2ccccc2n1Cc1ccccc1. The monoisotopic (exact) mass is 512 g/mol. The zero-order chi connectivity index (χ0) is 26.9. The quantitative estimate of drug-likeness (QED) is 0.182. The van der Waals surface area contributed by atoms with Gasteiger partial charge in [-0.05, 0) is 48.9 Å². The third-order valence-corrected chi connectivity index (χ3v) is 6.96. The Labute approximate surface area is 224 Å². The molecule has 2 heterocycles. The zero-order valence-corrected chi connectivity index (χ0v) is 21.2. The molecule has 6 aromatic rings. The van der Waals surface area contributed by atoms with Gasteiger partial charge in [-0.2, -0.15) is 0 Å². The molecular formula is C32H24N4O3. The van der Waals surface area contributed by atoms with Gasteiger partial charge in [0.25, 0.3) is 11.2 Å². The first-order valence-corrected chi connectivity index (χ1v) is 12.6. The number of rotatable bonds is 6. The fourth-order valence-corrected chi connectivity index (χ4v) is 5.05. The van der Waals surface area contributed by atoms with E-state index >= 15 is 0 Å². The second kappa shape index (κ2) is 9.87. The van der Waals surface area contributed by atoms with Crippen molar-refractivity contribution in [3.05, 3.63) is 146 Å². The lowest BCUT2D eigenvalue weighted by atomic mass is 10.1. The van der Waals surface area contributed by atoms with Gasteiger partial charge in [0.2, 0.25) is 0 Å². The number of nitro benzene ring substituents is 1. The van der Waals surface area contributed by atoms with E-state index in [1.807, 2.05) is 48.6 Å². The van der Waals surface area contributed by atoms with E-state index in [2.05, 4.69) is 35.8 Å². The summed E-state index contributed by atoms with van der Waals surface area (Å²) in [6.45, 7) is 2.82. The van der Waals surface area contributed by atoms with Crippen molar-refractivity contribution in [3.8, 4) is 5.69 Å². The van der Waals surface area contributed by atoms with Crippen molar-refractivity contribution in [1.29, 1.82) is 0 Å². The van der Waals surface area contributed by atoms with E-state index in [4.69, 9.17) is 4.98 Å². The van der Waals surface area contributed by atoms with Crippen molar-refractivity contribution < 1.29 is 4.92 Å². The van der Waals surface area contributed by atoms with Gasteiger partial charge in [0.15, 0.2) is 0 Å². The first kappa shape index (κ1) is 24.1. The smallest absolute Gasteiger partial charge is 0.271 e. The second-order valence-electron chi connectivity index (χ2n) is 9.33. The van der Waals surface area contributed by atoms with Crippen LogP contribution in [0, 0.1) is 17.0 Å². The van der Waals surface area contributed by atoms with Crippen molar-refractivity contribution in [2.75, 3.05) is 0 Å². The Bertz CT molecular complexity index is 1950. The molecule has 2 aromatic heterocycles. The van der Waals surface area contributed by atoms with E-state index in [-0.39, 0.29) is 11.2 Å². The molecule has 0 saturated carbocycles. The zero-order valence-electron chi connectivity index (χ0n) is 21.2. The predicted octanol–water partition coefficient (Wildman–Crippen LogP) is 6.78. The lowest BCUT2D eigenvalue weighted by Crippen LogP contribution is -2.22.